The first-order valence-corrected chi connectivity index (χ1v) is 7.52. The molecule has 1 aliphatic rings. The normalized spacial score (nSPS) is 16.9. The monoisotopic (exact) mass is 260 g/mol. The first kappa shape index (κ1) is 14.5. The number of hydrogen-bond acceptors (Lipinski definition) is 2. The van der Waals surface area contributed by atoms with E-state index in [9.17, 15) is 0 Å². The maximum absolute atomic E-state index is 3.47. The molecule has 0 aromatic heterocycles. The molecular formula is C17H28N2. The summed E-state index contributed by atoms with van der Waals surface area (Å²) >= 11 is 0. The molecule has 1 aliphatic carbocycles. The van der Waals surface area contributed by atoms with E-state index < -0.39 is 0 Å². The summed E-state index contributed by atoms with van der Waals surface area (Å²) in [5, 5.41) is 3.47. The highest BCUT2D eigenvalue weighted by Gasteiger charge is 2.23. The Morgan fingerprint density at radius 1 is 1.21 bits per heavy atom. The smallest absolute Gasteiger partial charge is 0.0329 e. The van der Waals surface area contributed by atoms with Gasteiger partial charge in [-0.1, -0.05) is 29.3 Å². The van der Waals surface area contributed by atoms with Crippen molar-refractivity contribution in [2.45, 2.75) is 39.2 Å². The number of nitrogens with zero attached hydrogens (tertiary/aromatic N) is 1. The van der Waals surface area contributed by atoms with Gasteiger partial charge in [-0.25, -0.2) is 0 Å². The lowest BCUT2D eigenvalue weighted by Gasteiger charge is -2.22. The number of hydrogen-bond donors (Lipinski definition) is 1. The largest absolute Gasteiger partial charge is 0.313 e. The van der Waals surface area contributed by atoms with Crippen molar-refractivity contribution in [1.82, 2.24) is 10.2 Å². The quantitative estimate of drug-likeness (QED) is 0.809. The van der Waals surface area contributed by atoms with Crippen LogP contribution < -0.4 is 5.32 Å². The third-order valence-corrected chi connectivity index (χ3v) is 4.06. The third kappa shape index (κ3) is 4.63. The van der Waals surface area contributed by atoms with Gasteiger partial charge in [-0.3, -0.25) is 0 Å². The lowest BCUT2D eigenvalue weighted by Crippen LogP contribution is -2.27. The molecule has 1 aromatic carbocycles. The molecule has 19 heavy (non-hydrogen) atoms. The maximum Gasteiger partial charge on any atom is 0.0329 e. The zero-order valence-corrected chi connectivity index (χ0v) is 12.9. The standard InChI is InChI=1S/C17H28N2/c1-13-9-14(2)11-16(10-13)17(18-3)7-8-19(4)12-15-5-6-15/h9-11,15,17-18H,5-8,12H2,1-4H3. The second-order valence-corrected chi connectivity index (χ2v) is 6.26. The van der Waals surface area contributed by atoms with Crippen molar-refractivity contribution in [3.63, 3.8) is 0 Å². The van der Waals surface area contributed by atoms with Crippen LogP contribution in [-0.2, 0) is 0 Å². The summed E-state index contributed by atoms with van der Waals surface area (Å²) in [7, 11) is 4.33. The molecule has 0 saturated heterocycles. The summed E-state index contributed by atoms with van der Waals surface area (Å²) < 4.78 is 0. The Hall–Kier alpha value is -0.860. The van der Waals surface area contributed by atoms with E-state index in [4.69, 9.17) is 0 Å². The van der Waals surface area contributed by atoms with Crippen molar-refractivity contribution in [3.8, 4) is 0 Å². The van der Waals surface area contributed by atoms with Gasteiger partial charge >= 0.3 is 0 Å². The van der Waals surface area contributed by atoms with Crippen molar-refractivity contribution in [1.29, 1.82) is 0 Å². The molecule has 1 aromatic rings. The van der Waals surface area contributed by atoms with Crippen LogP contribution in [0.1, 0.15) is 42.0 Å². The molecule has 0 bridgehead atoms. The average molecular weight is 260 g/mol. The molecule has 1 atom stereocenters. The number of rotatable bonds is 7. The summed E-state index contributed by atoms with van der Waals surface area (Å²) in [5.41, 5.74) is 4.16. The minimum atomic E-state index is 0.472. The predicted octanol–water partition coefficient (Wildman–Crippen LogP) is 3.30. The van der Waals surface area contributed by atoms with E-state index in [1.807, 2.05) is 0 Å². The van der Waals surface area contributed by atoms with Crippen LogP contribution in [0.25, 0.3) is 0 Å². The fraction of sp³-hybridized carbons (Fsp3) is 0.647. The van der Waals surface area contributed by atoms with Gasteiger partial charge in [-0.15, -0.1) is 0 Å². The molecule has 1 unspecified atom stereocenters. The van der Waals surface area contributed by atoms with Crippen LogP contribution in [0.4, 0.5) is 0 Å². The molecule has 1 fully saturated rings. The van der Waals surface area contributed by atoms with E-state index in [-0.39, 0.29) is 0 Å². The van der Waals surface area contributed by atoms with E-state index >= 15 is 0 Å². The third-order valence-electron chi connectivity index (χ3n) is 4.06. The molecule has 2 nitrogen and oxygen atoms in total. The van der Waals surface area contributed by atoms with Crippen LogP contribution in [0.2, 0.25) is 0 Å². The lowest BCUT2D eigenvalue weighted by molar-refractivity contribution is 0.299. The van der Waals surface area contributed by atoms with Gasteiger partial charge in [0.25, 0.3) is 0 Å². The predicted molar refractivity (Wildman–Crippen MR) is 82.6 cm³/mol. The first-order chi connectivity index (χ1) is 9.08. The van der Waals surface area contributed by atoms with E-state index in [1.165, 1.54) is 49.0 Å². The molecule has 0 spiro atoms. The highest BCUT2D eigenvalue weighted by molar-refractivity contribution is 5.30. The molecule has 2 rings (SSSR count). The Labute approximate surface area is 118 Å². The fourth-order valence-electron chi connectivity index (χ4n) is 2.87. The van der Waals surface area contributed by atoms with Crippen LogP contribution in [0.5, 0.6) is 0 Å². The van der Waals surface area contributed by atoms with Crippen LogP contribution in [0.3, 0.4) is 0 Å². The van der Waals surface area contributed by atoms with E-state index in [2.05, 4.69) is 56.4 Å². The number of nitrogens with one attached hydrogen (secondary N) is 1. The van der Waals surface area contributed by atoms with Crippen molar-refractivity contribution in [2.75, 3.05) is 27.2 Å². The van der Waals surface area contributed by atoms with Crippen LogP contribution in [0, 0.1) is 19.8 Å². The SMILES string of the molecule is CNC(CCN(C)CC1CC1)c1cc(C)cc(C)c1. The fourth-order valence-corrected chi connectivity index (χ4v) is 2.87. The molecular weight excluding hydrogens is 232 g/mol. The molecule has 2 heteroatoms. The Bertz CT molecular complexity index is 389. The number of aryl methyl sites for hydroxylation is 2. The molecule has 0 amide bonds. The Balaban J connectivity index is 1.90. The summed E-state index contributed by atoms with van der Waals surface area (Å²) in [6, 6.07) is 7.35. The van der Waals surface area contributed by atoms with Gasteiger partial charge in [0, 0.05) is 12.6 Å². The highest BCUT2D eigenvalue weighted by Crippen LogP contribution is 2.29. The van der Waals surface area contributed by atoms with E-state index in [0.717, 1.165) is 5.92 Å². The van der Waals surface area contributed by atoms with Gasteiger partial charge in [-0.2, -0.15) is 0 Å². The second-order valence-electron chi connectivity index (χ2n) is 6.26. The van der Waals surface area contributed by atoms with Gasteiger partial charge in [0.2, 0.25) is 0 Å². The minimum absolute atomic E-state index is 0.472. The van der Waals surface area contributed by atoms with Crippen molar-refractivity contribution < 1.29 is 0 Å². The van der Waals surface area contributed by atoms with Crippen molar-refractivity contribution in [2.24, 2.45) is 5.92 Å². The maximum atomic E-state index is 3.47. The summed E-state index contributed by atoms with van der Waals surface area (Å²) in [5.74, 6) is 0.985. The average Bonchev–Trinajstić information content (AvgIpc) is 3.12. The van der Waals surface area contributed by atoms with E-state index in [1.54, 1.807) is 0 Å². The Morgan fingerprint density at radius 3 is 2.37 bits per heavy atom. The Morgan fingerprint density at radius 2 is 1.84 bits per heavy atom. The second kappa shape index (κ2) is 6.53. The summed E-state index contributed by atoms with van der Waals surface area (Å²) in [6.45, 7) is 6.82. The molecule has 0 heterocycles. The minimum Gasteiger partial charge on any atom is -0.313 e. The zero-order chi connectivity index (χ0) is 13.8. The molecule has 0 aliphatic heterocycles. The molecule has 106 valence electrons. The van der Waals surface area contributed by atoms with Gasteiger partial charge in [0.1, 0.15) is 0 Å². The number of benzene rings is 1. The Kier molecular flexibility index (Phi) is 5.00. The summed E-state index contributed by atoms with van der Waals surface area (Å²) in [4.78, 5) is 2.49. The van der Waals surface area contributed by atoms with Crippen molar-refractivity contribution in [3.05, 3.63) is 34.9 Å². The topological polar surface area (TPSA) is 15.3 Å². The first-order valence-electron chi connectivity index (χ1n) is 7.52. The molecule has 1 saturated carbocycles. The van der Waals surface area contributed by atoms with Gasteiger partial charge in [0.15, 0.2) is 0 Å². The lowest BCUT2D eigenvalue weighted by atomic mass is 9.99. The van der Waals surface area contributed by atoms with Crippen LogP contribution in [-0.4, -0.2) is 32.1 Å². The zero-order valence-electron chi connectivity index (χ0n) is 12.9. The highest BCUT2D eigenvalue weighted by atomic mass is 15.1. The van der Waals surface area contributed by atoms with Crippen LogP contribution >= 0.6 is 0 Å². The van der Waals surface area contributed by atoms with Crippen molar-refractivity contribution >= 4 is 0 Å². The molecule has 0 radical (unpaired) electrons. The van der Waals surface area contributed by atoms with Gasteiger partial charge in [-0.05, 0) is 65.2 Å². The molecule has 1 N–H and O–H groups in total. The van der Waals surface area contributed by atoms with Gasteiger partial charge in [0.05, 0.1) is 0 Å². The van der Waals surface area contributed by atoms with Crippen LogP contribution in [0.15, 0.2) is 18.2 Å². The van der Waals surface area contributed by atoms with Gasteiger partial charge < -0.3 is 10.2 Å². The summed E-state index contributed by atoms with van der Waals surface area (Å²) in [6.07, 6.45) is 4.07. The van der Waals surface area contributed by atoms with E-state index in [0.29, 0.717) is 6.04 Å².